The Balaban J connectivity index is 2.71. The molecule has 5 atom stereocenters. The molecule has 0 aliphatic carbocycles. The summed E-state index contributed by atoms with van der Waals surface area (Å²) < 4.78 is 14.8. The van der Waals surface area contributed by atoms with Gasteiger partial charge in [0, 0.05) is 14.0 Å². The molecule has 88 valence electrons. The molecule has 0 saturated carbocycles. The molecule has 1 saturated heterocycles. The molecule has 0 aromatic carbocycles. The molecule has 1 aliphatic heterocycles. The average molecular weight is 220 g/mol. The highest BCUT2D eigenvalue weighted by atomic mass is 16.7. The maximum Gasteiger partial charge on any atom is 0.305 e. The van der Waals surface area contributed by atoms with Crippen molar-refractivity contribution in [3.63, 3.8) is 0 Å². The largest absolute Gasteiger partial charge is 0.433 e. The van der Waals surface area contributed by atoms with Gasteiger partial charge in [-0.05, 0) is 6.92 Å². The molecular weight excluding hydrogens is 204 g/mol. The molecule has 2 N–H and O–H groups in total. The molecule has 1 aliphatic rings. The molecule has 0 aromatic rings. The first-order valence-corrected chi connectivity index (χ1v) is 4.69. The van der Waals surface area contributed by atoms with Gasteiger partial charge < -0.3 is 24.4 Å². The van der Waals surface area contributed by atoms with Crippen LogP contribution in [0.1, 0.15) is 13.8 Å². The SMILES string of the molecule is CO[C@@H]1[C@@H](O)[C@H](OC(C)=O)O[C@H](C)[C@H]1O. The highest BCUT2D eigenvalue weighted by Gasteiger charge is 2.44. The maximum absolute atomic E-state index is 10.7. The van der Waals surface area contributed by atoms with Crippen molar-refractivity contribution in [2.75, 3.05) is 7.11 Å². The second-order valence-electron chi connectivity index (χ2n) is 3.50. The molecule has 0 spiro atoms. The van der Waals surface area contributed by atoms with Crippen LogP contribution >= 0.6 is 0 Å². The molecular formula is C9H16O6. The zero-order valence-electron chi connectivity index (χ0n) is 8.91. The minimum atomic E-state index is -1.19. The first kappa shape index (κ1) is 12.4. The van der Waals surface area contributed by atoms with E-state index in [4.69, 9.17) is 14.2 Å². The molecule has 15 heavy (non-hydrogen) atoms. The first-order valence-electron chi connectivity index (χ1n) is 4.69. The Kier molecular flexibility index (Phi) is 4.04. The van der Waals surface area contributed by atoms with Crippen LogP contribution in [0, 0.1) is 0 Å². The highest BCUT2D eigenvalue weighted by Crippen LogP contribution is 2.23. The third-order valence-electron chi connectivity index (χ3n) is 2.34. The van der Waals surface area contributed by atoms with Crippen LogP contribution in [0.5, 0.6) is 0 Å². The van der Waals surface area contributed by atoms with E-state index in [2.05, 4.69) is 0 Å². The first-order chi connectivity index (χ1) is 6.97. The van der Waals surface area contributed by atoms with Crippen molar-refractivity contribution in [2.24, 2.45) is 0 Å². The molecule has 0 bridgehead atoms. The number of aliphatic hydroxyl groups is 2. The lowest BCUT2D eigenvalue weighted by Crippen LogP contribution is -2.58. The van der Waals surface area contributed by atoms with Gasteiger partial charge in [0.15, 0.2) is 0 Å². The smallest absolute Gasteiger partial charge is 0.305 e. The van der Waals surface area contributed by atoms with Gasteiger partial charge in [0.05, 0.1) is 6.10 Å². The molecule has 6 nitrogen and oxygen atoms in total. The van der Waals surface area contributed by atoms with Gasteiger partial charge in [0.2, 0.25) is 6.29 Å². The van der Waals surface area contributed by atoms with Gasteiger partial charge in [-0.3, -0.25) is 4.79 Å². The third-order valence-corrected chi connectivity index (χ3v) is 2.34. The van der Waals surface area contributed by atoms with Crippen molar-refractivity contribution in [1.82, 2.24) is 0 Å². The molecule has 0 aromatic heterocycles. The van der Waals surface area contributed by atoms with Crippen LogP contribution in [0.3, 0.4) is 0 Å². The number of carbonyl (C=O) groups excluding carboxylic acids is 1. The molecule has 6 heteroatoms. The van der Waals surface area contributed by atoms with Crippen LogP contribution in [0.15, 0.2) is 0 Å². The van der Waals surface area contributed by atoms with E-state index in [0.29, 0.717) is 0 Å². The summed E-state index contributed by atoms with van der Waals surface area (Å²) in [7, 11) is 1.36. The Labute approximate surface area is 87.7 Å². The fraction of sp³-hybridized carbons (Fsp3) is 0.889. The van der Waals surface area contributed by atoms with Gasteiger partial charge in [-0.25, -0.2) is 0 Å². The van der Waals surface area contributed by atoms with E-state index in [1.807, 2.05) is 0 Å². The Hall–Kier alpha value is -0.690. The van der Waals surface area contributed by atoms with Crippen LogP contribution in [-0.2, 0) is 19.0 Å². The summed E-state index contributed by atoms with van der Waals surface area (Å²) in [6, 6.07) is 0. The van der Waals surface area contributed by atoms with Crippen molar-refractivity contribution < 1.29 is 29.2 Å². The van der Waals surface area contributed by atoms with E-state index < -0.39 is 36.7 Å². The summed E-state index contributed by atoms with van der Waals surface area (Å²) in [6.07, 6.45) is -4.62. The normalized spacial score (nSPS) is 41.3. The minimum absolute atomic E-state index is 0.558. The van der Waals surface area contributed by atoms with Gasteiger partial charge >= 0.3 is 5.97 Å². The summed E-state index contributed by atoms with van der Waals surface area (Å²) in [5.74, 6) is -0.558. The Morgan fingerprint density at radius 2 is 1.93 bits per heavy atom. The van der Waals surface area contributed by atoms with E-state index in [1.165, 1.54) is 14.0 Å². The lowest BCUT2D eigenvalue weighted by molar-refractivity contribution is -0.287. The molecule has 1 fully saturated rings. The molecule has 0 radical (unpaired) electrons. The Morgan fingerprint density at radius 3 is 2.40 bits per heavy atom. The van der Waals surface area contributed by atoms with E-state index in [0.717, 1.165) is 0 Å². The van der Waals surface area contributed by atoms with Crippen LogP contribution in [-0.4, -0.2) is 54.0 Å². The summed E-state index contributed by atoms with van der Waals surface area (Å²) >= 11 is 0. The lowest BCUT2D eigenvalue weighted by atomic mass is 10.00. The highest BCUT2D eigenvalue weighted by molar-refractivity contribution is 5.66. The number of esters is 1. The van der Waals surface area contributed by atoms with Crippen molar-refractivity contribution in [1.29, 1.82) is 0 Å². The lowest BCUT2D eigenvalue weighted by Gasteiger charge is -2.39. The zero-order valence-corrected chi connectivity index (χ0v) is 8.91. The maximum atomic E-state index is 10.7. The van der Waals surface area contributed by atoms with Gasteiger partial charge in [0.25, 0.3) is 0 Å². The average Bonchev–Trinajstić information content (AvgIpc) is 2.14. The fourth-order valence-electron chi connectivity index (χ4n) is 1.54. The number of ether oxygens (including phenoxy) is 3. The number of hydrogen-bond donors (Lipinski definition) is 2. The van der Waals surface area contributed by atoms with Crippen LogP contribution in [0.25, 0.3) is 0 Å². The van der Waals surface area contributed by atoms with Gasteiger partial charge in [-0.15, -0.1) is 0 Å². The van der Waals surface area contributed by atoms with E-state index in [-0.39, 0.29) is 0 Å². The van der Waals surface area contributed by atoms with Crippen molar-refractivity contribution >= 4 is 5.97 Å². The van der Waals surface area contributed by atoms with Crippen LogP contribution in [0.4, 0.5) is 0 Å². The summed E-state index contributed by atoms with van der Waals surface area (Å²) in [5, 5.41) is 19.3. The second kappa shape index (κ2) is 4.89. The molecule has 1 rings (SSSR count). The summed E-state index contributed by atoms with van der Waals surface area (Å²) in [5.41, 5.74) is 0. The standard InChI is InChI=1S/C9H16O6/c1-4-6(11)8(13-3)7(12)9(14-4)15-5(2)10/h4,6-9,11-12H,1-3H3/t4-,6-,7-,8+,9+/m1/s1. The van der Waals surface area contributed by atoms with Crippen LogP contribution < -0.4 is 0 Å². The van der Waals surface area contributed by atoms with Crippen molar-refractivity contribution in [2.45, 2.75) is 44.6 Å². The quantitative estimate of drug-likeness (QED) is 0.582. The van der Waals surface area contributed by atoms with Gasteiger partial charge in [-0.1, -0.05) is 0 Å². The Morgan fingerprint density at radius 1 is 1.33 bits per heavy atom. The number of aliphatic hydroxyl groups excluding tert-OH is 2. The summed E-state index contributed by atoms with van der Waals surface area (Å²) in [4.78, 5) is 10.7. The monoisotopic (exact) mass is 220 g/mol. The predicted octanol–water partition coefficient (Wildman–Crippen LogP) is -0.969. The van der Waals surface area contributed by atoms with E-state index in [9.17, 15) is 15.0 Å². The molecule has 1 heterocycles. The minimum Gasteiger partial charge on any atom is -0.433 e. The molecule has 0 unspecified atom stereocenters. The van der Waals surface area contributed by atoms with E-state index >= 15 is 0 Å². The van der Waals surface area contributed by atoms with Crippen molar-refractivity contribution in [3.05, 3.63) is 0 Å². The van der Waals surface area contributed by atoms with Crippen molar-refractivity contribution in [3.8, 4) is 0 Å². The van der Waals surface area contributed by atoms with Gasteiger partial charge in [0.1, 0.15) is 18.3 Å². The molecule has 0 amide bonds. The number of hydrogen-bond acceptors (Lipinski definition) is 6. The number of methoxy groups -OCH3 is 1. The summed E-state index contributed by atoms with van der Waals surface area (Å²) in [6.45, 7) is 2.83. The number of carbonyl (C=O) groups is 1. The third kappa shape index (κ3) is 2.66. The Bertz CT molecular complexity index is 231. The fourth-order valence-corrected chi connectivity index (χ4v) is 1.54. The predicted molar refractivity (Wildman–Crippen MR) is 48.9 cm³/mol. The second-order valence-corrected chi connectivity index (χ2v) is 3.50. The zero-order chi connectivity index (χ0) is 11.6. The van der Waals surface area contributed by atoms with Crippen LogP contribution in [0.2, 0.25) is 0 Å². The topological polar surface area (TPSA) is 85.2 Å². The van der Waals surface area contributed by atoms with E-state index in [1.54, 1.807) is 6.92 Å². The van der Waals surface area contributed by atoms with Gasteiger partial charge in [-0.2, -0.15) is 0 Å². The number of rotatable bonds is 2.